The van der Waals surface area contributed by atoms with Gasteiger partial charge < -0.3 is 4.98 Å². The van der Waals surface area contributed by atoms with Crippen molar-refractivity contribution < 1.29 is 9.88 Å². The van der Waals surface area contributed by atoms with Crippen molar-refractivity contribution in [3.8, 4) is 0 Å². The molecule has 0 amide bonds. The summed E-state index contributed by atoms with van der Waals surface area (Å²) < 4.78 is 0. The summed E-state index contributed by atoms with van der Waals surface area (Å²) in [6.07, 6.45) is 3.14. The second-order valence-corrected chi connectivity index (χ2v) is 2.19. The Morgan fingerprint density at radius 2 is 2.38 bits per heavy atom. The van der Waals surface area contributed by atoms with Gasteiger partial charge in [-0.1, -0.05) is 0 Å². The molecule has 0 fully saturated rings. The van der Waals surface area contributed by atoms with Crippen molar-refractivity contribution in [1.29, 1.82) is 0 Å². The molecule has 2 N–H and O–H groups in total. The Morgan fingerprint density at radius 3 is 3.23 bits per heavy atom. The second-order valence-electron chi connectivity index (χ2n) is 2.19. The third-order valence-electron chi connectivity index (χ3n) is 1.39. The van der Waals surface area contributed by atoms with E-state index in [4.69, 9.17) is 0 Å². The van der Waals surface area contributed by atoms with Crippen LogP contribution in [0.15, 0.2) is 12.5 Å². The highest BCUT2D eigenvalue weighted by atomic mass is 17.3. The summed E-state index contributed by atoms with van der Waals surface area (Å²) in [7, 11) is 1.38. The Morgan fingerprint density at radius 1 is 1.46 bits per heavy atom. The molecule has 0 atom stereocenters. The van der Waals surface area contributed by atoms with Crippen molar-refractivity contribution in [2.24, 2.45) is 0 Å². The highest BCUT2D eigenvalue weighted by Crippen LogP contribution is 2.06. The van der Waals surface area contributed by atoms with Crippen LogP contribution < -0.4 is 5.48 Å². The van der Waals surface area contributed by atoms with Gasteiger partial charge in [-0.05, 0) is 0 Å². The number of aromatic nitrogens is 4. The third kappa shape index (κ3) is 1.55. The maximum atomic E-state index is 4.43. The number of aromatic amines is 1. The molecule has 0 saturated carbocycles. The lowest BCUT2D eigenvalue weighted by atomic mass is 10.6. The van der Waals surface area contributed by atoms with E-state index in [-0.39, 0.29) is 0 Å². The van der Waals surface area contributed by atoms with Gasteiger partial charge in [0.1, 0.15) is 5.52 Å². The maximum absolute atomic E-state index is 4.43. The molecule has 0 unspecified atom stereocenters. The molecule has 7 nitrogen and oxygen atoms in total. The Bertz CT molecular complexity index is 401. The molecule has 0 bridgehead atoms. The van der Waals surface area contributed by atoms with E-state index >= 15 is 0 Å². The number of rotatable bonds is 3. The molecule has 0 aromatic carbocycles. The lowest BCUT2D eigenvalue weighted by Crippen LogP contribution is -2.03. The van der Waals surface area contributed by atoms with Crippen LogP contribution in [0.4, 0.5) is 5.95 Å². The van der Waals surface area contributed by atoms with Gasteiger partial charge in [0.25, 0.3) is 5.95 Å². The molecule has 0 radical (unpaired) electrons. The minimum Gasteiger partial charge on any atom is -0.342 e. The summed E-state index contributed by atoms with van der Waals surface area (Å²) in [4.78, 5) is 23.5. The number of H-pyrrole nitrogens is 1. The van der Waals surface area contributed by atoms with Crippen LogP contribution in [-0.2, 0) is 9.88 Å². The van der Waals surface area contributed by atoms with Crippen molar-refractivity contribution in [3.63, 3.8) is 0 Å². The van der Waals surface area contributed by atoms with Crippen molar-refractivity contribution in [2.75, 3.05) is 12.6 Å². The fraction of sp³-hybridized carbons (Fsp3) is 0.167. The van der Waals surface area contributed by atoms with E-state index in [1.807, 2.05) is 0 Å². The largest absolute Gasteiger partial charge is 0.342 e. The molecule has 13 heavy (non-hydrogen) atoms. The Hall–Kier alpha value is -1.73. The molecule has 0 saturated heterocycles. The summed E-state index contributed by atoms with van der Waals surface area (Å²) in [5.74, 6) is 0.293. The van der Waals surface area contributed by atoms with Gasteiger partial charge >= 0.3 is 0 Å². The topological polar surface area (TPSA) is 85.0 Å². The van der Waals surface area contributed by atoms with Crippen LogP contribution in [0.5, 0.6) is 0 Å². The van der Waals surface area contributed by atoms with Crippen LogP contribution in [0.3, 0.4) is 0 Å². The molecule has 2 aromatic heterocycles. The van der Waals surface area contributed by atoms with Gasteiger partial charge in [-0.3, -0.25) is 0 Å². The van der Waals surface area contributed by atoms with Gasteiger partial charge in [-0.25, -0.2) is 20.3 Å². The van der Waals surface area contributed by atoms with E-state index in [1.165, 1.54) is 7.11 Å². The molecule has 0 aliphatic heterocycles. The predicted molar refractivity (Wildman–Crippen MR) is 43.4 cm³/mol. The number of nitrogens with one attached hydrogen (secondary N) is 2. The Kier molecular flexibility index (Phi) is 2.02. The zero-order valence-corrected chi connectivity index (χ0v) is 6.81. The third-order valence-corrected chi connectivity index (χ3v) is 1.39. The number of anilines is 1. The molecule has 2 aromatic rings. The fourth-order valence-electron chi connectivity index (χ4n) is 0.864. The van der Waals surface area contributed by atoms with E-state index in [1.54, 1.807) is 12.5 Å². The van der Waals surface area contributed by atoms with Gasteiger partial charge in [0, 0.05) is 0 Å². The molecule has 7 heteroatoms. The van der Waals surface area contributed by atoms with Crippen LogP contribution in [0.1, 0.15) is 0 Å². The Labute approximate surface area is 73.0 Å². The Balaban J connectivity index is 2.26. The van der Waals surface area contributed by atoms with Crippen molar-refractivity contribution in [2.45, 2.75) is 0 Å². The van der Waals surface area contributed by atoms with Crippen molar-refractivity contribution in [1.82, 2.24) is 19.9 Å². The SMILES string of the molecule is COONc1ncc2[nH]cnc2n1. The minimum absolute atomic E-state index is 0.293. The van der Waals surface area contributed by atoms with E-state index in [0.29, 0.717) is 11.6 Å². The van der Waals surface area contributed by atoms with Crippen LogP contribution in [0, 0.1) is 0 Å². The average molecular weight is 181 g/mol. The van der Waals surface area contributed by atoms with Gasteiger partial charge in [0.15, 0.2) is 5.65 Å². The first kappa shape index (κ1) is 7.90. The highest BCUT2D eigenvalue weighted by Gasteiger charge is 2.00. The van der Waals surface area contributed by atoms with Crippen LogP contribution in [0.25, 0.3) is 11.2 Å². The lowest BCUT2D eigenvalue weighted by Gasteiger charge is -1.99. The predicted octanol–water partition coefficient (Wildman–Crippen LogP) is 0.258. The molecule has 2 heterocycles. The normalized spacial score (nSPS) is 10.5. The van der Waals surface area contributed by atoms with Gasteiger partial charge in [0.2, 0.25) is 0 Å². The second kappa shape index (κ2) is 3.33. The van der Waals surface area contributed by atoms with Crippen LogP contribution in [-0.4, -0.2) is 27.0 Å². The zero-order valence-electron chi connectivity index (χ0n) is 6.81. The average Bonchev–Trinajstić information content (AvgIpc) is 2.61. The van der Waals surface area contributed by atoms with Gasteiger partial charge in [0.05, 0.1) is 19.6 Å². The number of hydrogen-bond acceptors (Lipinski definition) is 6. The molecular weight excluding hydrogens is 174 g/mol. The van der Waals surface area contributed by atoms with Crippen molar-refractivity contribution >= 4 is 17.1 Å². The van der Waals surface area contributed by atoms with Gasteiger partial charge in [-0.2, -0.15) is 4.98 Å². The molecule has 0 spiro atoms. The highest BCUT2D eigenvalue weighted by molar-refractivity contribution is 5.69. The van der Waals surface area contributed by atoms with Gasteiger partial charge in [-0.15, -0.1) is 4.99 Å². The maximum Gasteiger partial charge on any atom is 0.251 e. The number of hydrogen-bond donors (Lipinski definition) is 2. The summed E-state index contributed by atoms with van der Waals surface area (Å²) >= 11 is 0. The summed E-state index contributed by atoms with van der Waals surface area (Å²) in [6.45, 7) is 0. The minimum atomic E-state index is 0.293. The number of nitrogens with zero attached hydrogens (tertiary/aromatic N) is 3. The first-order valence-corrected chi connectivity index (χ1v) is 3.52. The standard InChI is InChI=1S/C6H7N5O2/c1-12-13-11-6-7-2-4-5(10-6)9-3-8-4/h2-3H,1H3,(H2,7,8,9,10,11). The first-order chi connectivity index (χ1) is 6.40. The summed E-state index contributed by atoms with van der Waals surface area (Å²) in [6, 6.07) is 0. The van der Waals surface area contributed by atoms with E-state index in [0.717, 1.165) is 5.52 Å². The number of imidazole rings is 1. The van der Waals surface area contributed by atoms with E-state index in [9.17, 15) is 0 Å². The first-order valence-electron chi connectivity index (χ1n) is 3.52. The van der Waals surface area contributed by atoms with Crippen LogP contribution in [0.2, 0.25) is 0 Å². The zero-order chi connectivity index (χ0) is 9.10. The van der Waals surface area contributed by atoms with Crippen molar-refractivity contribution in [3.05, 3.63) is 12.5 Å². The smallest absolute Gasteiger partial charge is 0.251 e. The fourth-order valence-corrected chi connectivity index (χ4v) is 0.864. The quantitative estimate of drug-likeness (QED) is 0.521. The molecule has 0 aliphatic carbocycles. The molecule has 2 rings (SSSR count). The van der Waals surface area contributed by atoms with E-state index < -0.39 is 0 Å². The molecule has 68 valence electrons. The lowest BCUT2D eigenvalue weighted by molar-refractivity contribution is -0.249. The monoisotopic (exact) mass is 181 g/mol. The van der Waals surface area contributed by atoms with Crippen LogP contribution >= 0.6 is 0 Å². The summed E-state index contributed by atoms with van der Waals surface area (Å²) in [5.41, 5.74) is 3.71. The summed E-state index contributed by atoms with van der Waals surface area (Å²) in [5, 5.41) is 0. The molecule has 0 aliphatic rings. The number of fused-ring (bicyclic) bond motifs is 1. The van der Waals surface area contributed by atoms with E-state index in [2.05, 4.69) is 35.3 Å². The molecular formula is C6H7N5O2.